The molecule has 3 heteroatoms. The molecule has 0 fully saturated rings. The third-order valence-corrected chi connectivity index (χ3v) is 3.26. The van der Waals surface area contributed by atoms with Crippen molar-refractivity contribution in [3.05, 3.63) is 72.3 Å². The summed E-state index contributed by atoms with van der Waals surface area (Å²) in [7, 11) is 0. The first kappa shape index (κ1) is 12.6. The van der Waals surface area contributed by atoms with E-state index in [0.717, 1.165) is 22.3 Å². The summed E-state index contributed by atoms with van der Waals surface area (Å²) in [6.07, 6.45) is -0.538. The van der Waals surface area contributed by atoms with E-state index in [2.05, 4.69) is 10.3 Å². The number of aromatic nitrogens is 1. The van der Waals surface area contributed by atoms with Gasteiger partial charge in [0.05, 0.1) is 11.6 Å². The van der Waals surface area contributed by atoms with E-state index in [-0.39, 0.29) is 0 Å². The van der Waals surface area contributed by atoms with Crippen LogP contribution in [0.5, 0.6) is 0 Å². The second kappa shape index (κ2) is 5.72. The van der Waals surface area contributed by atoms with Crippen molar-refractivity contribution in [1.82, 2.24) is 4.98 Å². The molecule has 1 atom stereocenters. The zero-order valence-corrected chi connectivity index (χ0v) is 11.0. The van der Waals surface area contributed by atoms with Crippen LogP contribution < -0.4 is 5.32 Å². The molecule has 0 aliphatic rings. The van der Waals surface area contributed by atoms with Crippen molar-refractivity contribution in [2.24, 2.45) is 0 Å². The van der Waals surface area contributed by atoms with Crippen LogP contribution in [0.3, 0.4) is 0 Å². The lowest BCUT2D eigenvalue weighted by Crippen LogP contribution is -2.12. The van der Waals surface area contributed by atoms with E-state index in [1.807, 2.05) is 66.7 Å². The highest BCUT2D eigenvalue weighted by Crippen LogP contribution is 2.16. The molecule has 0 saturated carbocycles. The van der Waals surface area contributed by atoms with Gasteiger partial charge in [-0.1, -0.05) is 48.5 Å². The van der Waals surface area contributed by atoms with Crippen LogP contribution in [-0.4, -0.2) is 16.6 Å². The van der Waals surface area contributed by atoms with Crippen molar-refractivity contribution in [1.29, 1.82) is 0 Å². The Hall–Kier alpha value is -2.39. The molecule has 0 aliphatic carbocycles. The van der Waals surface area contributed by atoms with Crippen molar-refractivity contribution < 1.29 is 5.11 Å². The smallest absolute Gasteiger partial charge is 0.126 e. The maximum absolute atomic E-state index is 10.1. The second-order valence-corrected chi connectivity index (χ2v) is 4.70. The van der Waals surface area contributed by atoms with Gasteiger partial charge in [-0.3, -0.25) is 0 Å². The van der Waals surface area contributed by atoms with Gasteiger partial charge in [-0.15, -0.1) is 0 Å². The Bertz CT molecular complexity index is 697. The summed E-state index contributed by atoms with van der Waals surface area (Å²) in [4.78, 5) is 4.52. The number of hydrogen-bond donors (Lipinski definition) is 2. The van der Waals surface area contributed by atoms with Crippen LogP contribution >= 0.6 is 0 Å². The SMILES string of the molecule is OC(CNc1ccc2ccccc2n1)c1ccccc1. The number of aliphatic hydroxyl groups is 1. The van der Waals surface area contributed by atoms with Crippen molar-refractivity contribution in [3.8, 4) is 0 Å². The van der Waals surface area contributed by atoms with Crippen molar-refractivity contribution >= 4 is 16.7 Å². The first-order valence-electron chi connectivity index (χ1n) is 6.65. The Morgan fingerprint density at radius 1 is 0.900 bits per heavy atom. The molecular weight excluding hydrogens is 248 g/mol. The molecular formula is C17H16N2O. The molecule has 0 amide bonds. The molecule has 1 aromatic heterocycles. The molecule has 0 aliphatic heterocycles. The van der Waals surface area contributed by atoms with Crippen LogP contribution in [0.25, 0.3) is 10.9 Å². The average molecular weight is 264 g/mol. The van der Waals surface area contributed by atoms with E-state index in [1.54, 1.807) is 0 Å². The Morgan fingerprint density at radius 3 is 2.50 bits per heavy atom. The van der Waals surface area contributed by atoms with Crippen LogP contribution in [0.1, 0.15) is 11.7 Å². The van der Waals surface area contributed by atoms with Crippen LogP contribution in [0.15, 0.2) is 66.7 Å². The van der Waals surface area contributed by atoms with Gasteiger partial charge in [0, 0.05) is 11.9 Å². The minimum Gasteiger partial charge on any atom is -0.387 e. The van der Waals surface area contributed by atoms with E-state index >= 15 is 0 Å². The number of aliphatic hydroxyl groups excluding tert-OH is 1. The van der Waals surface area contributed by atoms with Gasteiger partial charge in [-0.25, -0.2) is 4.98 Å². The number of rotatable bonds is 4. The Morgan fingerprint density at radius 2 is 1.65 bits per heavy atom. The topological polar surface area (TPSA) is 45.1 Å². The fourth-order valence-corrected chi connectivity index (χ4v) is 2.16. The lowest BCUT2D eigenvalue weighted by Gasteiger charge is -2.12. The highest BCUT2D eigenvalue weighted by molar-refractivity contribution is 5.80. The summed E-state index contributed by atoms with van der Waals surface area (Å²) in [5, 5.41) is 14.4. The fraction of sp³-hybridized carbons (Fsp3) is 0.118. The number of anilines is 1. The zero-order chi connectivity index (χ0) is 13.8. The Labute approximate surface area is 117 Å². The predicted molar refractivity (Wildman–Crippen MR) is 81.6 cm³/mol. The van der Waals surface area contributed by atoms with Gasteiger partial charge in [-0.05, 0) is 23.8 Å². The van der Waals surface area contributed by atoms with Crippen LogP contribution in [-0.2, 0) is 0 Å². The highest BCUT2D eigenvalue weighted by atomic mass is 16.3. The molecule has 3 aromatic rings. The minimum atomic E-state index is -0.538. The third kappa shape index (κ3) is 2.78. The monoisotopic (exact) mass is 264 g/mol. The normalized spacial score (nSPS) is 12.2. The summed E-state index contributed by atoms with van der Waals surface area (Å²) in [5.74, 6) is 0.777. The van der Waals surface area contributed by atoms with Gasteiger partial charge >= 0.3 is 0 Å². The van der Waals surface area contributed by atoms with Gasteiger partial charge in [0.15, 0.2) is 0 Å². The lowest BCUT2D eigenvalue weighted by molar-refractivity contribution is 0.191. The number of nitrogens with one attached hydrogen (secondary N) is 1. The van der Waals surface area contributed by atoms with E-state index in [1.165, 1.54) is 0 Å². The van der Waals surface area contributed by atoms with Crippen LogP contribution in [0.2, 0.25) is 0 Å². The summed E-state index contributed by atoms with van der Waals surface area (Å²) in [6.45, 7) is 0.440. The third-order valence-electron chi connectivity index (χ3n) is 3.26. The molecule has 0 spiro atoms. The van der Waals surface area contributed by atoms with Gasteiger partial charge in [0.2, 0.25) is 0 Å². The van der Waals surface area contributed by atoms with Gasteiger partial charge in [-0.2, -0.15) is 0 Å². The van der Waals surface area contributed by atoms with Gasteiger partial charge in [0.1, 0.15) is 5.82 Å². The summed E-state index contributed by atoms with van der Waals surface area (Å²) in [6, 6.07) is 21.6. The Kier molecular flexibility index (Phi) is 3.61. The number of pyridine rings is 1. The first-order valence-corrected chi connectivity index (χ1v) is 6.65. The van der Waals surface area contributed by atoms with Crippen molar-refractivity contribution in [2.75, 3.05) is 11.9 Å². The molecule has 0 saturated heterocycles. The minimum absolute atomic E-state index is 0.440. The van der Waals surface area contributed by atoms with E-state index in [0.29, 0.717) is 6.54 Å². The second-order valence-electron chi connectivity index (χ2n) is 4.70. The number of nitrogens with zero attached hydrogens (tertiary/aromatic N) is 1. The highest BCUT2D eigenvalue weighted by Gasteiger charge is 2.06. The number of hydrogen-bond acceptors (Lipinski definition) is 3. The van der Waals surface area contributed by atoms with E-state index in [9.17, 15) is 5.11 Å². The molecule has 0 bridgehead atoms. The Balaban J connectivity index is 1.70. The van der Waals surface area contributed by atoms with E-state index in [4.69, 9.17) is 0 Å². The van der Waals surface area contributed by atoms with E-state index < -0.39 is 6.10 Å². The van der Waals surface area contributed by atoms with Crippen LogP contribution in [0, 0.1) is 0 Å². The van der Waals surface area contributed by atoms with Crippen LogP contribution in [0.4, 0.5) is 5.82 Å². The molecule has 2 N–H and O–H groups in total. The molecule has 100 valence electrons. The molecule has 3 nitrogen and oxygen atoms in total. The number of benzene rings is 2. The molecule has 1 heterocycles. The largest absolute Gasteiger partial charge is 0.387 e. The maximum Gasteiger partial charge on any atom is 0.126 e. The molecule has 3 rings (SSSR count). The standard InChI is InChI=1S/C17H16N2O/c20-16(14-7-2-1-3-8-14)12-18-17-11-10-13-6-4-5-9-15(13)19-17/h1-11,16,20H,12H2,(H,18,19). The van der Waals surface area contributed by atoms with Gasteiger partial charge < -0.3 is 10.4 Å². The summed E-state index contributed by atoms with van der Waals surface area (Å²) >= 11 is 0. The zero-order valence-electron chi connectivity index (χ0n) is 11.0. The predicted octanol–water partition coefficient (Wildman–Crippen LogP) is 3.38. The molecule has 2 aromatic carbocycles. The number of para-hydroxylation sites is 1. The maximum atomic E-state index is 10.1. The molecule has 20 heavy (non-hydrogen) atoms. The van der Waals surface area contributed by atoms with Gasteiger partial charge in [0.25, 0.3) is 0 Å². The quantitative estimate of drug-likeness (QED) is 0.759. The van der Waals surface area contributed by atoms with Crippen molar-refractivity contribution in [2.45, 2.75) is 6.10 Å². The lowest BCUT2D eigenvalue weighted by atomic mass is 10.1. The molecule has 0 radical (unpaired) electrons. The fourth-order valence-electron chi connectivity index (χ4n) is 2.16. The summed E-state index contributed by atoms with van der Waals surface area (Å²) in [5.41, 5.74) is 1.85. The average Bonchev–Trinajstić information content (AvgIpc) is 2.53. The summed E-state index contributed by atoms with van der Waals surface area (Å²) < 4.78 is 0. The number of fused-ring (bicyclic) bond motifs is 1. The first-order chi connectivity index (χ1) is 9.83. The molecule has 1 unspecified atom stereocenters. The van der Waals surface area contributed by atoms with Crippen molar-refractivity contribution in [3.63, 3.8) is 0 Å².